The Morgan fingerprint density at radius 1 is 1.14 bits per heavy atom. The van der Waals surface area contributed by atoms with Crippen molar-refractivity contribution in [3.8, 4) is 27.0 Å². The molecule has 0 spiro atoms. The van der Waals surface area contributed by atoms with E-state index in [1.54, 1.807) is 15.9 Å². The van der Waals surface area contributed by atoms with E-state index in [4.69, 9.17) is 4.74 Å². The highest BCUT2D eigenvalue weighted by molar-refractivity contribution is 7.20. The first-order chi connectivity index (χ1) is 10.9. The van der Waals surface area contributed by atoms with Crippen molar-refractivity contribution in [2.24, 2.45) is 0 Å². The Balaban J connectivity index is 1.84. The molecule has 0 aliphatic carbocycles. The molecular weight excluding hydrogens is 316 g/mol. The number of rotatable bonds is 4. The molecule has 3 aromatic heterocycles. The van der Waals surface area contributed by atoms with Crippen molar-refractivity contribution in [1.29, 1.82) is 0 Å². The van der Waals surface area contributed by atoms with E-state index in [9.17, 15) is 0 Å². The summed E-state index contributed by atoms with van der Waals surface area (Å²) in [4.78, 5) is 1.84. The van der Waals surface area contributed by atoms with Crippen molar-refractivity contribution in [1.82, 2.24) is 19.8 Å². The summed E-state index contributed by atoms with van der Waals surface area (Å²) in [5.41, 5.74) is 0.983. The van der Waals surface area contributed by atoms with Gasteiger partial charge in [-0.3, -0.25) is 0 Å². The minimum absolute atomic E-state index is 0.627. The number of hydrogen-bond acceptors (Lipinski definition) is 6. The Morgan fingerprint density at radius 2 is 2.05 bits per heavy atom. The topological polar surface area (TPSA) is 52.3 Å². The van der Waals surface area contributed by atoms with Crippen LogP contribution in [0.2, 0.25) is 0 Å². The van der Waals surface area contributed by atoms with E-state index in [1.165, 1.54) is 11.3 Å². The fourth-order valence-electron chi connectivity index (χ4n) is 2.21. The van der Waals surface area contributed by atoms with Crippen LogP contribution in [0.4, 0.5) is 0 Å². The standard InChI is InChI=1S/C15H12N4OS2/c1-2-20-11-7-4-3-6-10(11)14-18-19-13(12-8-5-9-21-12)16-17-15(19)22-14/h3-9H,2H2,1H3. The van der Waals surface area contributed by atoms with Crippen molar-refractivity contribution in [2.45, 2.75) is 6.92 Å². The lowest BCUT2D eigenvalue weighted by molar-refractivity contribution is 0.341. The molecule has 0 atom stereocenters. The van der Waals surface area contributed by atoms with Gasteiger partial charge in [-0.1, -0.05) is 29.5 Å². The fourth-order valence-corrected chi connectivity index (χ4v) is 3.77. The van der Waals surface area contributed by atoms with E-state index in [0.29, 0.717) is 6.61 Å². The van der Waals surface area contributed by atoms with E-state index in [2.05, 4.69) is 15.3 Å². The third-order valence-corrected chi connectivity index (χ3v) is 4.95. The molecule has 0 saturated carbocycles. The van der Waals surface area contributed by atoms with Gasteiger partial charge in [0.25, 0.3) is 0 Å². The number of fused-ring (bicyclic) bond motifs is 1. The van der Waals surface area contributed by atoms with Crippen molar-refractivity contribution in [3.63, 3.8) is 0 Å². The number of hydrogen-bond donors (Lipinski definition) is 0. The molecule has 5 nitrogen and oxygen atoms in total. The normalized spacial score (nSPS) is 11.1. The molecule has 4 aromatic rings. The van der Waals surface area contributed by atoms with E-state index in [0.717, 1.165) is 32.0 Å². The third-order valence-electron chi connectivity index (χ3n) is 3.15. The molecule has 1 aromatic carbocycles. The molecule has 0 aliphatic heterocycles. The molecule has 0 saturated heterocycles. The first-order valence-electron chi connectivity index (χ1n) is 6.85. The Morgan fingerprint density at radius 3 is 2.86 bits per heavy atom. The van der Waals surface area contributed by atoms with Gasteiger partial charge in [0.2, 0.25) is 4.96 Å². The maximum atomic E-state index is 5.69. The van der Waals surface area contributed by atoms with Crippen LogP contribution in [0.25, 0.3) is 26.2 Å². The predicted octanol–water partition coefficient (Wildman–Crippen LogP) is 3.98. The molecule has 3 heterocycles. The van der Waals surface area contributed by atoms with Crippen LogP contribution in [0.15, 0.2) is 41.8 Å². The zero-order valence-electron chi connectivity index (χ0n) is 11.8. The van der Waals surface area contributed by atoms with Crippen molar-refractivity contribution in [2.75, 3.05) is 6.61 Å². The molecule has 22 heavy (non-hydrogen) atoms. The number of aromatic nitrogens is 4. The molecule has 0 aliphatic rings. The summed E-state index contributed by atoms with van der Waals surface area (Å²) < 4.78 is 7.49. The molecule has 0 bridgehead atoms. The number of ether oxygens (including phenoxy) is 1. The molecule has 110 valence electrons. The minimum atomic E-state index is 0.627. The van der Waals surface area contributed by atoms with E-state index < -0.39 is 0 Å². The van der Waals surface area contributed by atoms with Crippen LogP contribution < -0.4 is 4.74 Å². The summed E-state index contributed by atoms with van der Waals surface area (Å²) in [6.45, 7) is 2.60. The van der Waals surface area contributed by atoms with Crippen molar-refractivity contribution < 1.29 is 4.74 Å². The van der Waals surface area contributed by atoms with E-state index in [1.807, 2.05) is 48.7 Å². The average molecular weight is 328 g/mol. The second-order valence-corrected chi connectivity index (χ2v) is 6.44. The van der Waals surface area contributed by atoms with Crippen LogP contribution in [-0.4, -0.2) is 26.4 Å². The Bertz CT molecular complexity index is 911. The van der Waals surface area contributed by atoms with Crippen LogP contribution in [-0.2, 0) is 0 Å². The van der Waals surface area contributed by atoms with Gasteiger partial charge >= 0.3 is 0 Å². The second-order valence-electron chi connectivity index (χ2n) is 4.53. The van der Waals surface area contributed by atoms with Gasteiger partial charge in [-0.15, -0.1) is 21.5 Å². The summed E-state index contributed by atoms with van der Waals surface area (Å²) in [6.07, 6.45) is 0. The van der Waals surface area contributed by atoms with Gasteiger partial charge in [0.1, 0.15) is 5.75 Å². The average Bonchev–Trinajstić information content (AvgIpc) is 3.24. The number of thiophene rings is 1. The third kappa shape index (κ3) is 2.18. The number of benzene rings is 1. The number of nitrogens with zero attached hydrogens (tertiary/aromatic N) is 4. The summed E-state index contributed by atoms with van der Waals surface area (Å²) >= 11 is 3.14. The fraction of sp³-hybridized carbons (Fsp3) is 0.133. The van der Waals surface area contributed by atoms with Crippen LogP contribution in [0.3, 0.4) is 0 Å². The van der Waals surface area contributed by atoms with E-state index >= 15 is 0 Å². The Kier molecular flexibility index (Phi) is 3.36. The molecular formula is C15H12N4OS2. The SMILES string of the molecule is CCOc1ccccc1-c1nn2c(-c3cccs3)nnc2s1. The highest BCUT2D eigenvalue weighted by atomic mass is 32.1. The smallest absolute Gasteiger partial charge is 0.235 e. The van der Waals surface area contributed by atoms with Gasteiger partial charge in [0, 0.05) is 0 Å². The molecule has 0 unspecified atom stereocenters. The zero-order valence-corrected chi connectivity index (χ0v) is 13.4. The maximum absolute atomic E-state index is 5.69. The highest BCUT2D eigenvalue weighted by Crippen LogP contribution is 2.34. The Labute approximate surface area is 134 Å². The summed E-state index contributed by atoms with van der Waals surface area (Å²) in [7, 11) is 0. The van der Waals surface area contributed by atoms with Crippen LogP contribution in [0.5, 0.6) is 5.75 Å². The predicted molar refractivity (Wildman–Crippen MR) is 88.6 cm³/mol. The summed E-state index contributed by atoms with van der Waals surface area (Å²) in [6, 6.07) is 11.9. The van der Waals surface area contributed by atoms with Gasteiger partial charge in [0.05, 0.1) is 17.0 Å². The molecule has 0 N–H and O–H groups in total. The molecule has 0 radical (unpaired) electrons. The zero-order chi connectivity index (χ0) is 14.9. The van der Waals surface area contributed by atoms with Crippen LogP contribution in [0, 0.1) is 0 Å². The number of para-hydroxylation sites is 1. The highest BCUT2D eigenvalue weighted by Gasteiger charge is 2.16. The quantitative estimate of drug-likeness (QED) is 0.568. The second kappa shape index (κ2) is 5.51. The lowest BCUT2D eigenvalue weighted by Crippen LogP contribution is -1.94. The van der Waals surface area contributed by atoms with Crippen LogP contribution >= 0.6 is 22.7 Å². The molecule has 4 rings (SSSR count). The summed E-state index contributed by atoms with van der Waals surface area (Å²) in [5.74, 6) is 1.62. The summed E-state index contributed by atoms with van der Waals surface area (Å²) in [5, 5.41) is 16.0. The Hall–Kier alpha value is -2.25. The van der Waals surface area contributed by atoms with Gasteiger partial charge < -0.3 is 4.74 Å². The first kappa shape index (κ1) is 13.4. The van der Waals surface area contributed by atoms with Gasteiger partial charge in [-0.05, 0) is 30.5 Å². The van der Waals surface area contributed by atoms with Gasteiger partial charge in [0.15, 0.2) is 10.8 Å². The molecule has 0 amide bonds. The molecule has 7 heteroatoms. The van der Waals surface area contributed by atoms with Gasteiger partial charge in [-0.25, -0.2) is 0 Å². The minimum Gasteiger partial charge on any atom is -0.493 e. The molecule has 0 fully saturated rings. The van der Waals surface area contributed by atoms with Gasteiger partial charge in [-0.2, -0.15) is 9.61 Å². The van der Waals surface area contributed by atoms with Crippen LogP contribution in [0.1, 0.15) is 6.92 Å². The monoisotopic (exact) mass is 328 g/mol. The van der Waals surface area contributed by atoms with Crippen molar-refractivity contribution >= 4 is 27.6 Å². The maximum Gasteiger partial charge on any atom is 0.235 e. The van der Waals surface area contributed by atoms with Crippen molar-refractivity contribution in [3.05, 3.63) is 41.8 Å². The first-order valence-corrected chi connectivity index (χ1v) is 8.54. The largest absolute Gasteiger partial charge is 0.493 e. The van der Waals surface area contributed by atoms with E-state index in [-0.39, 0.29) is 0 Å². The lowest BCUT2D eigenvalue weighted by Gasteiger charge is -2.06. The lowest BCUT2D eigenvalue weighted by atomic mass is 10.2.